The van der Waals surface area contributed by atoms with Crippen molar-refractivity contribution in [1.29, 1.82) is 0 Å². The maximum absolute atomic E-state index is 12.1. The zero-order valence-corrected chi connectivity index (χ0v) is 14.9. The highest BCUT2D eigenvalue weighted by molar-refractivity contribution is 6.30. The van der Waals surface area contributed by atoms with E-state index < -0.39 is 0 Å². The van der Waals surface area contributed by atoms with Gasteiger partial charge in [-0.2, -0.15) is 4.80 Å². The summed E-state index contributed by atoms with van der Waals surface area (Å²) in [6.07, 6.45) is 0. The summed E-state index contributed by atoms with van der Waals surface area (Å²) in [6, 6.07) is 12.1. The number of nitrogens with one attached hydrogen (secondary N) is 1. The van der Waals surface area contributed by atoms with Gasteiger partial charge >= 0.3 is 0 Å². The highest BCUT2D eigenvalue weighted by Gasteiger charge is 2.12. The summed E-state index contributed by atoms with van der Waals surface area (Å²) < 4.78 is 10.5. The molecule has 1 amide bonds. The molecular weight excluding hydrogens is 358 g/mol. The summed E-state index contributed by atoms with van der Waals surface area (Å²) >= 11 is 5.82. The molecule has 2 aromatic carbocycles. The Balaban J connectivity index is 1.69. The molecule has 134 valence electrons. The fraction of sp³-hybridized carbons (Fsp3) is 0.176. The van der Waals surface area contributed by atoms with Crippen molar-refractivity contribution in [2.45, 2.75) is 6.54 Å². The second-order valence-corrected chi connectivity index (χ2v) is 5.70. The molecule has 0 spiro atoms. The Hall–Kier alpha value is -3.13. The van der Waals surface area contributed by atoms with Gasteiger partial charge in [0.2, 0.25) is 11.7 Å². The molecule has 3 rings (SSSR count). The van der Waals surface area contributed by atoms with Crippen molar-refractivity contribution in [1.82, 2.24) is 20.2 Å². The van der Waals surface area contributed by atoms with Crippen LogP contribution in [0.3, 0.4) is 0 Å². The summed E-state index contributed by atoms with van der Waals surface area (Å²) in [5.41, 5.74) is 1.34. The summed E-state index contributed by atoms with van der Waals surface area (Å²) in [7, 11) is 3.11. The van der Waals surface area contributed by atoms with Crippen molar-refractivity contribution in [3.63, 3.8) is 0 Å². The zero-order chi connectivity index (χ0) is 18.5. The predicted octanol–water partition coefficient (Wildman–Crippen LogP) is 2.65. The summed E-state index contributed by atoms with van der Waals surface area (Å²) in [5, 5.41) is 15.4. The highest BCUT2D eigenvalue weighted by atomic mass is 35.5. The number of nitrogens with zero attached hydrogens (tertiary/aromatic N) is 4. The van der Waals surface area contributed by atoms with Crippen molar-refractivity contribution >= 4 is 23.2 Å². The molecule has 0 bridgehead atoms. The number of carbonyl (C=O) groups excluding carboxylic acids is 1. The van der Waals surface area contributed by atoms with Crippen LogP contribution in [0.25, 0.3) is 11.4 Å². The van der Waals surface area contributed by atoms with Gasteiger partial charge in [-0.3, -0.25) is 4.79 Å². The van der Waals surface area contributed by atoms with Gasteiger partial charge < -0.3 is 14.8 Å². The van der Waals surface area contributed by atoms with Crippen molar-refractivity contribution in [2.24, 2.45) is 0 Å². The number of carbonyl (C=O) groups is 1. The Morgan fingerprint density at radius 2 is 1.85 bits per heavy atom. The minimum absolute atomic E-state index is 0.0666. The largest absolute Gasteiger partial charge is 0.493 e. The van der Waals surface area contributed by atoms with E-state index in [4.69, 9.17) is 21.1 Å². The first-order valence-electron chi connectivity index (χ1n) is 7.64. The number of anilines is 1. The van der Waals surface area contributed by atoms with E-state index in [1.165, 1.54) is 4.80 Å². The average Bonchev–Trinajstić information content (AvgIpc) is 3.11. The van der Waals surface area contributed by atoms with Crippen LogP contribution in [0.4, 0.5) is 5.69 Å². The molecule has 0 atom stereocenters. The number of tetrazole rings is 1. The molecule has 0 saturated carbocycles. The topological polar surface area (TPSA) is 91.2 Å². The zero-order valence-electron chi connectivity index (χ0n) is 14.1. The van der Waals surface area contributed by atoms with E-state index in [-0.39, 0.29) is 12.5 Å². The Labute approximate surface area is 154 Å². The molecule has 0 unspecified atom stereocenters. The lowest BCUT2D eigenvalue weighted by Crippen LogP contribution is -2.20. The Kier molecular flexibility index (Phi) is 5.33. The number of hydrogen-bond acceptors (Lipinski definition) is 6. The molecule has 0 aliphatic carbocycles. The monoisotopic (exact) mass is 373 g/mol. The van der Waals surface area contributed by atoms with Gasteiger partial charge in [-0.1, -0.05) is 11.6 Å². The van der Waals surface area contributed by atoms with Gasteiger partial charge in [0.05, 0.1) is 14.2 Å². The lowest BCUT2D eigenvalue weighted by atomic mass is 10.2. The van der Waals surface area contributed by atoms with E-state index in [1.807, 2.05) is 0 Å². The average molecular weight is 374 g/mol. The normalized spacial score (nSPS) is 10.4. The summed E-state index contributed by atoms with van der Waals surface area (Å²) in [4.78, 5) is 13.3. The first kappa shape index (κ1) is 17.7. The van der Waals surface area contributed by atoms with Gasteiger partial charge in [-0.05, 0) is 47.7 Å². The van der Waals surface area contributed by atoms with E-state index >= 15 is 0 Å². The summed E-state index contributed by atoms with van der Waals surface area (Å²) in [6.45, 7) is -0.0666. The number of rotatable bonds is 6. The van der Waals surface area contributed by atoms with Crippen LogP contribution < -0.4 is 14.8 Å². The van der Waals surface area contributed by atoms with Crippen LogP contribution in [-0.2, 0) is 11.3 Å². The number of benzene rings is 2. The number of ether oxygens (including phenoxy) is 2. The van der Waals surface area contributed by atoms with E-state index in [9.17, 15) is 4.79 Å². The first-order valence-corrected chi connectivity index (χ1v) is 8.02. The molecule has 0 fully saturated rings. The maximum Gasteiger partial charge on any atom is 0.248 e. The quantitative estimate of drug-likeness (QED) is 0.714. The van der Waals surface area contributed by atoms with Crippen molar-refractivity contribution in [2.75, 3.05) is 19.5 Å². The first-order chi connectivity index (χ1) is 12.6. The second kappa shape index (κ2) is 7.83. The van der Waals surface area contributed by atoms with E-state index in [0.29, 0.717) is 33.6 Å². The molecule has 9 heteroatoms. The van der Waals surface area contributed by atoms with Gasteiger partial charge in [0.25, 0.3) is 0 Å². The standard InChI is InChI=1S/C17H16ClN5O3/c1-25-14-8-3-11(9-15(14)26-2)17-20-22-23(21-17)10-16(24)19-13-6-4-12(18)5-7-13/h3-9H,10H2,1-2H3,(H,19,24). The molecule has 1 N–H and O–H groups in total. The molecule has 0 saturated heterocycles. The van der Waals surface area contributed by atoms with Crippen LogP contribution in [-0.4, -0.2) is 40.3 Å². The minimum Gasteiger partial charge on any atom is -0.493 e. The molecule has 26 heavy (non-hydrogen) atoms. The second-order valence-electron chi connectivity index (χ2n) is 5.27. The van der Waals surface area contributed by atoms with Crippen LogP contribution in [0.15, 0.2) is 42.5 Å². The third-order valence-electron chi connectivity index (χ3n) is 3.51. The lowest BCUT2D eigenvalue weighted by Gasteiger charge is -2.07. The van der Waals surface area contributed by atoms with Gasteiger partial charge in [-0.25, -0.2) is 0 Å². The molecular formula is C17H16ClN5O3. The minimum atomic E-state index is -0.274. The summed E-state index contributed by atoms with van der Waals surface area (Å²) in [5.74, 6) is 1.27. The van der Waals surface area contributed by atoms with E-state index in [0.717, 1.165) is 0 Å². The molecule has 3 aromatic rings. The molecule has 0 radical (unpaired) electrons. The van der Waals surface area contributed by atoms with Gasteiger partial charge in [0.15, 0.2) is 11.5 Å². The third kappa shape index (κ3) is 4.09. The smallest absolute Gasteiger partial charge is 0.248 e. The molecule has 1 aromatic heterocycles. The van der Waals surface area contributed by atoms with E-state index in [1.54, 1.807) is 56.7 Å². The van der Waals surface area contributed by atoms with Crippen molar-refractivity contribution in [3.05, 3.63) is 47.5 Å². The van der Waals surface area contributed by atoms with Crippen LogP contribution in [0, 0.1) is 0 Å². The Morgan fingerprint density at radius 3 is 2.54 bits per heavy atom. The van der Waals surface area contributed by atoms with Crippen LogP contribution in [0.5, 0.6) is 11.5 Å². The maximum atomic E-state index is 12.1. The number of aromatic nitrogens is 4. The Bertz CT molecular complexity index is 911. The highest BCUT2D eigenvalue weighted by Crippen LogP contribution is 2.30. The molecule has 1 heterocycles. The number of amides is 1. The lowest BCUT2D eigenvalue weighted by molar-refractivity contribution is -0.117. The molecule has 0 aliphatic rings. The van der Waals surface area contributed by atoms with Gasteiger partial charge in [-0.15, -0.1) is 10.2 Å². The van der Waals surface area contributed by atoms with Gasteiger partial charge in [0, 0.05) is 16.3 Å². The van der Waals surface area contributed by atoms with Crippen LogP contribution in [0.1, 0.15) is 0 Å². The van der Waals surface area contributed by atoms with Gasteiger partial charge in [0.1, 0.15) is 6.54 Å². The van der Waals surface area contributed by atoms with Crippen LogP contribution >= 0.6 is 11.6 Å². The SMILES string of the molecule is COc1ccc(-c2nnn(CC(=O)Nc3ccc(Cl)cc3)n2)cc1OC. The molecule has 0 aliphatic heterocycles. The Morgan fingerprint density at radius 1 is 1.12 bits per heavy atom. The fourth-order valence-corrected chi connectivity index (χ4v) is 2.39. The number of methoxy groups -OCH3 is 2. The predicted molar refractivity (Wildman–Crippen MR) is 96.4 cm³/mol. The number of hydrogen-bond donors (Lipinski definition) is 1. The number of halogens is 1. The molecule has 8 nitrogen and oxygen atoms in total. The van der Waals surface area contributed by atoms with Crippen molar-refractivity contribution in [3.8, 4) is 22.9 Å². The fourth-order valence-electron chi connectivity index (χ4n) is 2.26. The van der Waals surface area contributed by atoms with Crippen molar-refractivity contribution < 1.29 is 14.3 Å². The third-order valence-corrected chi connectivity index (χ3v) is 3.76. The van der Waals surface area contributed by atoms with Crippen LogP contribution in [0.2, 0.25) is 5.02 Å². The van der Waals surface area contributed by atoms with E-state index in [2.05, 4.69) is 20.7 Å².